The van der Waals surface area contributed by atoms with Crippen molar-refractivity contribution in [2.24, 2.45) is 0 Å². The molecule has 2 amide bonds. The first-order chi connectivity index (χ1) is 13.2. The van der Waals surface area contributed by atoms with Crippen molar-refractivity contribution < 1.29 is 14.0 Å². The van der Waals surface area contributed by atoms with E-state index in [4.69, 9.17) is 0 Å². The average molecular weight is 384 g/mol. The summed E-state index contributed by atoms with van der Waals surface area (Å²) in [7, 11) is 0. The van der Waals surface area contributed by atoms with Crippen LogP contribution in [-0.4, -0.2) is 24.9 Å². The molecule has 0 aliphatic heterocycles. The number of nitrogens with zero attached hydrogens (tertiary/aromatic N) is 1. The molecule has 0 radical (unpaired) electrons. The molecule has 5 heteroatoms. The van der Waals surface area contributed by atoms with Crippen LogP contribution in [0.2, 0.25) is 0 Å². The highest BCUT2D eigenvalue weighted by Gasteiger charge is 2.22. The Hall–Kier alpha value is -2.69. The van der Waals surface area contributed by atoms with Crippen LogP contribution in [0.15, 0.2) is 42.5 Å². The molecule has 150 valence electrons. The zero-order valence-corrected chi connectivity index (χ0v) is 17.3. The van der Waals surface area contributed by atoms with E-state index in [-0.39, 0.29) is 35.8 Å². The third kappa shape index (κ3) is 5.18. The van der Waals surface area contributed by atoms with Crippen molar-refractivity contribution in [1.82, 2.24) is 5.32 Å². The number of nitrogens with one attached hydrogen (secondary N) is 1. The molecule has 0 atom stereocenters. The summed E-state index contributed by atoms with van der Waals surface area (Å²) >= 11 is 0. The largest absolute Gasteiger partial charge is 0.350 e. The highest BCUT2D eigenvalue weighted by Crippen LogP contribution is 2.35. The molecule has 0 heterocycles. The van der Waals surface area contributed by atoms with Gasteiger partial charge in [0.1, 0.15) is 5.82 Å². The molecular weight excluding hydrogens is 355 g/mol. The number of hydrogen-bond donors (Lipinski definition) is 1. The lowest BCUT2D eigenvalue weighted by Crippen LogP contribution is -2.38. The Bertz CT molecular complexity index is 820. The molecule has 2 rings (SSSR count). The third-order valence-electron chi connectivity index (χ3n) is 4.70. The number of halogens is 1. The van der Waals surface area contributed by atoms with Gasteiger partial charge in [0.25, 0.3) is 5.91 Å². The molecule has 28 heavy (non-hydrogen) atoms. The Morgan fingerprint density at radius 2 is 1.57 bits per heavy atom. The molecule has 0 aliphatic carbocycles. The van der Waals surface area contributed by atoms with Crippen LogP contribution >= 0.6 is 0 Å². The van der Waals surface area contributed by atoms with Gasteiger partial charge in [0.05, 0.1) is 5.69 Å². The lowest BCUT2D eigenvalue weighted by Gasteiger charge is -2.29. The topological polar surface area (TPSA) is 49.4 Å². The molecule has 0 unspecified atom stereocenters. The maximum Gasteiger partial charge on any atom is 0.251 e. The fourth-order valence-corrected chi connectivity index (χ4v) is 3.26. The number of para-hydroxylation sites is 1. The molecular formula is C23H29FN2O2. The Kier molecular flexibility index (Phi) is 7.32. The van der Waals surface area contributed by atoms with Gasteiger partial charge >= 0.3 is 0 Å². The number of anilines is 1. The van der Waals surface area contributed by atoms with Crippen molar-refractivity contribution >= 4 is 17.5 Å². The van der Waals surface area contributed by atoms with Crippen molar-refractivity contribution in [2.75, 3.05) is 18.0 Å². The predicted octanol–water partition coefficient (Wildman–Crippen LogP) is 4.86. The number of hydrogen-bond acceptors (Lipinski definition) is 2. The summed E-state index contributed by atoms with van der Waals surface area (Å²) in [6, 6.07) is 11.7. The van der Waals surface area contributed by atoms with Crippen LogP contribution in [0.3, 0.4) is 0 Å². The van der Waals surface area contributed by atoms with E-state index in [1.807, 2.05) is 18.2 Å². The van der Waals surface area contributed by atoms with E-state index in [2.05, 4.69) is 33.0 Å². The van der Waals surface area contributed by atoms with E-state index in [0.29, 0.717) is 6.54 Å². The van der Waals surface area contributed by atoms with Gasteiger partial charge in [-0.25, -0.2) is 4.39 Å². The zero-order chi connectivity index (χ0) is 20.8. The SMILES string of the molecule is CC(=O)N(CCNC(=O)c1cccc(F)c1)c1c(C(C)C)cccc1C(C)C. The lowest BCUT2D eigenvalue weighted by molar-refractivity contribution is -0.116. The second-order valence-electron chi connectivity index (χ2n) is 7.53. The Balaban J connectivity index is 2.23. The Labute approximate surface area is 166 Å². The van der Waals surface area contributed by atoms with Gasteiger partial charge in [-0.05, 0) is 41.2 Å². The Morgan fingerprint density at radius 3 is 2.07 bits per heavy atom. The molecule has 0 saturated carbocycles. The van der Waals surface area contributed by atoms with Gasteiger partial charge < -0.3 is 10.2 Å². The molecule has 2 aromatic carbocycles. The van der Waals surface area contributed by atoms with Crippen molar-refractivity contribution in [3.8, 4) is 0 Å². The van der Waals surface area contributed by atoms with Crippen molar-refractivity contribution in [3.05, 3.63) is 65.0 Å². The minimum atomic E-state index is -0.453. The van der Waals surface area contributed by atoms with Gasteiger partial charge in [-0.3, -0.25) is 9.59 Å². The van der Waals surface area contributed by atoms with Crippen molar-refractivity contribution in [3.63, 3.8) is 0 Å². The van der Waals surface area contributed by atoms with E-state index in [1.165, 1.54) is 25.1 Å². The number of benzene rings is 2. The molecule has 4 nitrogen and oxygen atoms in total. The van der Waals surface area contributed by atoms with E-state index in [9.17, 15) is 14.0 Å². The third-order valence-corrected chi connectivity index (χ3v) is 4.70. The second-order valence-corrected chi connectivity index (χ2v) is 7.53. The first-order valence-corrected chi connectivity index (χ1v) is 9.67. The standard InChI is InChI=1S/C23H29FN2O2/c1-15(2)20-10-7-11-21(16(3)4)22(20)26(17(5)27)13-12-25-23(28)18-8-6-9-19(24)14-18/h6-11,14-16H,12-13H2,1-5H3,(H,25,28). The van der Waals surface area contributed by atoms with E-state index < -0.39 is 5.82 Å². The molecule has 0 bridgehead atoms. The van der Waals surface area contributed by atoms with Crippen molar-refractivity contribution in [2.45, 2.75) is 46.5 Å². The number of amides is 2. The summed E-state index contributed by atoms with van der Waals surface area (Å²) in [5.41, 5.74) is 3.41. The summed E-state index contributed by atoms with van der Waals surface area (Å²) in [6.45, 7) is 10.6. The van der Waals surface area contributed by atoms with Gasteiger partial charge in [0.15, 0.2) is 0 Å². The summed E-state index contributed by atoms with van der Waals surface area (Å²) < 4.78 is 13.3. The van der Waals surface area contributed by atoms with Crippen LogP contribution in [0.1, 0.15) is 67.9 Å². The van der Waals surface area contributed by atoms with Gasteiger partial charge in [-0.1, -0.05) is 52.0 Å². The molecule has 0 saturated heterocycles. The number of rotatable bonds is 7. The highest BCUT2D eigenvalue weighted by molar-refractivity contribution is 5.95. The minimum absolute atomic E-state index is 0.0741. The highest BCUT2D eigenvalue weighted by atomic mass is 19.1. The maximum atomic E-state index is 13.3. The van der Waals surface area contributed by atoms with Gasteiger partial charge in [-0.15, -0.1) is 0 Å². The zero-order valence-electron chi connectivity index (χ0n) is 17.3. The monoisotopic (exact) mass is 384 g/mol. The molecule has 1 N–H and O–H groups in total. The van der Waals surface area contributed by atoms with Gasteiger partial charge in [0, 0.05) is 25.6 Å². The molecule has 0 fully saturated rings. The van der Waals surface area contributed by atoms with E-state index in [0.717, 1.165) is 16.8 Å². The Morgan fingerprint density at radius 1 is 1.00 bits per heavy atom. The van der Waals surface area contributed by atoms with Gasteiger partial charge in [-0.2, -0.15) is 0 Å². The maximum absolute atomic E-state index is 13.3. The lowest BCUT2D eigenvalue weighted by atomic mass is 9.92. The number of carbonyl (C=O) groups is 2. The van der Waals surface area contributed by atoms with Crippen molar-refractivity contribution in [1.29, 1.82) is 0 Å². The quantitative estimate of drug-likeness (QED) is 0.741. The molecule has 0 aliphatic rings. The predicted molar refractivity (Wildman–Crippen MR) is 111 cm³/mol. The summed E-state index contributed by atoms with van der Waals surface area (Å²) in [4.78, 5) is 26.4. The number of carbonyl (C=O) groups excluding carboxylic acids is 2. The van der Waals surface area contributed by atoms with Crippen LogP contribution in [0.25, 0.3) is 0 Å². The smallest absolute Gasteiger partial charge is 0.251 e. The van der Waals surface area contributed by atoms with Crippen LogP contribution < -0.4 is 10.2 Å². The fourth-order valence-electron chi connectivity index (χ4n) is 3.26. The summed E-state index contributed by atoms with van der Waals surface area (Å²) in [5.74, 6) is -0.362. The molecule has 2 aromatic rings. The fraction of sp³-hybridized carbons (Fsp3) is 0.391. The van der Waals surface area contributed by atoms with Crippen LogP contribution in [0, 0.1) is 5.82 Å². The van der Waals surface area contributed by atoms with E-state index >= 15 is 0 Å². The van der Waals surface area contributed by atoms with Crippen LogP contribution in [0.5, 0.6) is 0 Å². The molecule has 0 spiro atoms. The minimum Gasteiger partial charge on any atom is -0.350 e. The van der Waals surface area contributed by atoms with Crippen LogP contribution in [0.4, 0.5) is 10.1 Å². The molecule has 0 aromatic heterocycles. The average Bonchev–Trinajstić information content (AvgIpc) is 2.64. The first kappa shape index (κ1) is 21.6. The summed E-state index contributed by atoms with van der Waals surface area (Å²) in [6.07, 6.45) is 0. The normalized spacial score (nSPS) is 11.0. The van der Waals surface area contributed by atoms with Crippen LogP contribution in [-0.2, 0) is 4.79 Å². The van der Waals surface area contributed by atoms with E-state index in [1.54, 1.807) is 11.0 Å². The second kappa shape index (κ2) is 9.49. The first-order valence-electron chi connectivity index (χ1n) is 9.67. The summed E-state index contributed by atoms with van der Waals surface area (Å²) in [5, 5.41) is 2.78. The van der Waals surface area contributed by atoms with Gasteiger partial charge in [0.2, 0.25) is 5.91 Å².